The smallest absolute Gasteiger partial charge is 0.322 e. The molecule has 0 aliphatic carbocycles. The van der Waals surface area contributed by atoms with E-state index < -0.39 is 0 Å². The Bertz CT molecular complexity index is 422. The first-order valence-electron chi connectivity index (χ1n) is 6.13. The number of piperazine rings is 1. The van der Waals surface area contributed by atoms with E-state index in [1.807, 2.05) is 29.2 Å². The van der Waals surface area contributed by atoms with E-state index in [-0.39, 0.29) is 6.03 Å². The number of carbonyl (C=O) groups is 1. The summed E-state index contributed by atoms with van der Waals surface area (Å²) in [5.74, 6) is 0.675. The van der Waals surface area contributed by atoms with Crippen LogP contribution in [0.25, 0.3) is 0 Å². The maximum Gasteiger partial charge on any atom is 0.322 e. The molecule has 1 aromatic rings. The molecule has 2 rings (SSSR count). The molecule has 1 aliphatic heterocycles. The van der Waals surface area contributed by atoms with Crippen molar-refractivity contribution in [3.63, 3.8) is 0 Å². The largest absolute Gasteiger partial charge is 0.495 e. The molecule has 18 heavy (non-hydrogen) atoms. The van der Waals surface area contributed by atoms with Crippen molar-refractivity contribution < 1.29 is 9.53 Å². The van der Waals surface area contributed by atoms with Crippen LogP contribution >= 0.6 is 0 Å². The van der Waals surface area contributed by atoms with Crippen LogP contribution in [0.15, 0.2) is 24.3 Å². The number of anilines is 1. The molecule has 1 fully saturated rings. The Morgan fingerprint density at radius 3 is 3.00 bits per heavy atom. The Kier molecular flexibility index (Phi) is 4.04. The summed E-state index contributed by atoms with van der Waals surface area (Å²) in [6, 6.07) is 7.67. The summed E-state index contributed by atoms with van der Waals surface area (Å²) in [7, 11) is 1.60. The first-order valence-corrected chi connectivity index (χ1v) is 6.13. The summed E-state index contributed by atoms with van der Waals surface area (Å²) in [5, 5.41) is 6.19. The fourth-order valence-corrected chi connectivity index (χ4v) is 2.06. The summed E-state index contributed by atoms with van der Waals surface area (Å²) >= 11 is 0. The van der Waals surface area contributed by atoms with E-state index in [4.69, 9.17) is 4.74 Å². The average Bonchev–Trinajstić information content (AvgIpc) is 2.39. The molecule has 0 radical (unpaired) electrons. The zero-order chi connectivity index (χ0) is 13.0. The first kappa shape index (κ1) is 12.7. The van der Waals surface area contributed by atoms with Gasteiger partial charge in [-0.2, -0.15) is 0 Å². The number of rotatable bonds is 2. The number of nitrogens with one attached hydrogen (secondary N) is 2. The molecule has 0 bridgehead atoms. The molecule has 98 valence electrons. The van der Waals surface area contributed by atoms with Crippen molar-refractivity contribution in [2.24, 2.45) is 0 Å². The van der Waals surface area contributed by atoms with E-state index in [1.54, 1.807) is 7.11 Å². The summed E-state index contributed by atoms with van der Waals surface area (Å²) < 4.78 is 5.21. The molecule has 1 aromatic carbocycles. The molecule has 2 N–H and O–H groups in total. The molecule has 0 spiro atoms. The van der Waals surface area contributed by atoms with Crippen molar-refractivity contribution in [2.75, 3.05) is 32.1 Å². The second-order valence-electron chi connectivity index (χ2n) is 4.43. The lowest BCUT2D eigenvalue weighted by molar-refractivity contribution is 0.192. The minimum Gasteiger partial charge on any atom is -0.495 e. The maximum absolute atomic E-state index is 12.1. The summed E-state index contributed by atoms with van der Waals surface area (Å²) in [6.07, 6.45) is 0. The Hall–Kier alpha value is -1.75. The highest BCUT2D eigenvalue weighted by molar-refractivity contribution is 5.91. The monoisotopic (exact) mass is 249 g/mol. The molecule has 0 saturated carbocycles. The lowest BCUT2D eigenvalue weighted by atomic mass is 10.2. The van der Waals surface area contributed by atoms with Gasteiger partial charge in [0.05, 0.1) is 12.8 Å². The molecule has 1 atom stereocenters. The molecule has 1 aliphatic rings. The van der Waals surface area contributed by atoms with Gasteiger partial charge in [0.1, 0.15) is 5.75 Å². The van der Waals surface area contributed by atoms with Gasteiger partial charge in [0.15, 0.2) is 0 Å². The van der Waals surface area contributed by atoms with Crippen LogP contribution in [-0.4, -0.2) is 43.7 Å². The van der Waals surface area contributed by atoms with Crippen LogP contribution in [0.2, 0.25) is 0 Å². The summed E-state index contributed by atoms with van der Waals surface area (Å²) in [4.78, 5) is 13.9. The number of hydrogen-bond acceptors (Lipinski definition) is 3. The van der Waals surface area contributed by atoms with Gasteiger partial charge in [-0.05, 0) is 19.1 Å². The second-order valence-corrected chi connectivity index (χ2v) is 4.43. The molecule has 0 aromatic heterocycles. The Morgan fingerprint density at radius 1 is 1.50 bits per heavy atom. The molecule has 2 amide bonds. The van der Waals surface area contributed by atoms with Gasteiger partial charge < -0.3 is 20.3 Å². The number of nitrogens with zero attached hydrogens (tertiary/aromatic N) is 1. The van der Waals surface area contributed by atoms with E-state index >= 15 is 0 Å². The minimum atomic E-state index is -0.0761. The van der Waals surface area contributed by atoms with Crippen molar-refractivity contribution in [3.05, 3.63) is 24.3 Å². The number of amides is 2. The third-order valence-electron chi connectivity index (χ3n) is 3.00. The average molecular weight is 249 g/mol. The highest BCUT2D eigenvalue weighted by atomic mass is 16.5. The predicted octanol–water partition coefficient (Wildman–Crippen LogP) is 1.52. The quantitative estimate of drug-likeness (QED) is 0.835. The zero-order valence-corrected chi connectivity index (χ0v) is 10.8. The third kappa shape index (κ3) is 2.92. The lowest BCUT2D eigenvalue weighted by Gasteiger charge is -2.32. The Balaban J connectivity index is 2.02. The second kappa shape index (κ2) is 5.73. The fraction of sp³-hybridized carbons (Fsp3) is 0.462. The number of urea groups is 1. The standard InChI is InChI=1S/C13H19N3O2/c1-10-9-16(8-7-14-10)13(17)15-11-5-3-4-6-12(11)18-2/h3-6,10,14H,7-9H2,1-2H3,(H,15,17). The van der Waals surface area contributed by atoms with E-state index in [0.29, 0.717) is 17.5 Å². The number of benzene rings is 1. The van der Waals surface area contributed by atoms with Gasteiger partial charge in [0.2, 0.25) is 0 Å². The third-order valence-corrected chi connectivity index (χ3v) is 3.00. The predicted molar refractivity (Wildman–Crippen MR) is 71.1 cm³/mol. The minimum absolute atomic E-state index is 0.0761. The highest BCUT2D eigenvalue weighted by Gasteiger charge is 2.20. The number of ether oxygens (including phenoxy) is 1. The van der Waals surface area contributed by atoms with Gasteiger partial charge in [-0.15, -0.1) is 0 Å². The Labute approximate surface area is 107 Å². The number of carbonyl (C=O) groups excluding carboxylic acids is 1. The molecule has 5 heteroatoms. The van der Waals surface area contributed by atoms with Gasteiger partial charge in [-0.3, -0.25) is 0 Å². The van der Waals surface area contributed by atoms with Crippen LogP contribution in [0.5, 0.6) is 5.75 Å². The van der Waals surface area contributed by atoms with E-state index in [0.717, 1.165) is 19.6 Å². The molecule has 1 saturated heterocycles. The zero-order valence-electron chi connectivity index (χ0n) is 10.8. The molecule has 5 nitrogen and oxygen atoms in total. The molecule has 1 heterocycles. The number of para-hydroxylation sites is 2. The van der Waals surface area contributed by atoms with Crippen LogP contribution < -0.4 is 15.4 Å². The van der Waals surface area contributed by atoms with Crippen molar-refractivity contribution in [1.82, 2.24) is 10.2 Å². The summed E-state index contributed by atoms with van der Waals surface area (Å²) in [6.45, 7) is 4.36. The van der Waals surface area contributed by atoms with Gasteiger partial charge >= 0.3 is 6.03 Å². The van der Waals surface area contributed by atoms with Crippen molar-refractivity contribution in [1.29, 1.82) is 0 Å². The lowest BCUT2D eigenvalue weighted by Crippen LogP contribution is -2.52. The topological polar surface area (TPSA) is 53.6 Å². The van der Waals surface area contributed by atoms with Crippen LogP contribution in [0.3, 0.4) is 0 Å². The SMILES string of the molecule is COc1ccccc1NC(=O)N1CCNC(C)C1. The number of hydrogen-bond donors (Lipinski definition) is 2. The Morgan fingerprint density at radius 2 is 2.28 bits per heavy atom. The molecule has 1 unspecified atom stereocenters. The fourth-order valence-electron chi connectivity index (χ4n) is 2.06. The van der Waals surface area contributed by atoms with Crippen molar-refractivity contribution >= 4 is 11.7 Å². The number of methoxy groups -OCH3 is 1. The van der Waals surface area contributed by atoms with Crippen LogP contribution in [-0.2, 0) is 0 Å². The highest BCUT2D eigenvalue weighted by Crippen LogP contribution is 2.23. The van der Waals surface area contributed by atoms with E-state index in [1.165, 1.54) is 0 Å². The van der Waals surface area contributed by atoms with Crippen LogP contribution in [0, 0.1) is 0 Å². The molecular formula is C13H19N3O2. The molecular weight excluding hydrogens is 230 g/mol. The van der Waals surface area contributed by atoms with Gasteiger partial charge in [0, 0.05) is 25.7 Å². The van der Waals surface area contributed by atoms with Crippen molar-refractivity contribution in [2.45, 2.75) is 13.0 Å². The van der Waals surface area contributed by atoms with Gasteiger partial charge in [-0.25, -0.2) is 4.79 Å². The van der Waals surface area contributed by atoms with E-state index in [2.05, 4.69) is 17.6 Å². The van der Waals surface area contributed by atoms with E-state index in [9.17, 15) is 4.79 Å². The van der Waals surface area contributed by atoms with Crippen molar-refractivity contribution in [3.8, 4) is 5.75 Å². The van der Waals surface area contributed by atoms with Crippen LogP contribution in [0.4, 0.5) is 10.5 Å². The first-order chi connectivity index (χ1) is 8.70. The van der Waals surface area contributed by atoms with Gasteiger partial charge in [-0.1, -0.05) is 12.1 Å². The van der Waals surface area contributed by atoms with Crippen LogP contribution in [0.1, 0.15) is 6.92 Å². The maximum atomic E-state index is 12.1. The summed E-state index contributed by atoms with van der Waals surface area (Å²) in [5.41, 5.74) is 0.705. The normalized spacial score (nSPS) is 19.4. The van der Waals surface area contributed by atoms with Gasteiger partial charge in [0.25, 0.3) is 0 Å².